The van der Waals surface area contributed by atoms with Gasteiger partial charge in [-0.2, -0.15) is 4.98 Å². The van der Waals surface area contributed by atoms with E-state index in [2.05, 4.69) is 15.1 Å². The Balaban J connectivity index is 1.92. The quantitative estimate of drug-likeness (QED) is 0.706. The molecule has 2 heterocycles. The van der Waals surface area contributed by atoms with E-state index in [1.165, 1.54) is 6.20 Å². The largest absolute Gasteiger partial charge is 0.437 e. The number of rotatable bonds is 4. The first-order chi connectivity index (χ1) is 10.6. The van der Waals surface area contributed by atoms with Crippen molar-refractivity contribution in [2.45, 2.75) is 6.43 Å². The molecule has 0 radical (unpaired) electrons. The summed E-state index contributed by atoms with van der Waals surface area (Å²) in [5.41, 5.74) is -0.487. The molecule has 0 unspecified atom stereocenters. The Hall–Kier alpha value is -2.54. The van der Waals surface area contributed by atoms with Gasteiger partial charge in [-0.3, -0.25) is 0 Å². The maximum absolute atomic E-state index is 12.5. The van der Waals surface area contributed by atoms with E-state index in [9.17, 15) is 8.78 Å². The molecule has 3 aromatic rings. The van der Waals surface area contributed by atoms with E-state index in [1.54, 1.807) is 24.3 Å². The van der Waals surface area contributed by atoms with Gasteiger partial charge in [0.05, 0.1) is 6.20 Å². The topological polar surface area (TPSA) is 61.0 Å². The molecule has 0 N–H and O–H groups in total. The highest BCUT2D eigenvalue weighted by atomic mass is 35.5. The summed E-state index contributed by atoms with van der Waals surface area (Å²) in [6, 6.07) is 9.93. The second-order valence-corrected chi connectivity index (χ2v) is 4.59. The van der Waals surface area contributed by atoms with Crippen molar-refractivity contribution < 1.29 is 18.0 Å². The van der Waals surface area contributed by atoms with Gasteiger partial charge in [0.25, 0.3) is 6.43 Å². The Kier molecular flexibility index (Phi) is 3.97. The van der Waals surface area contributed by atoms with Crippen molar-refractivity contribution in [3.8, 4) is 23.2 Å². The Labute approximate surface area is 128 Å². The van der Waals surface area contributed by atoms with Crippen LogP contribution in [-0.2, 0) is 0 Å². The number of benzene rings is 1. The fraction of sp³-hybridized carbons (Fsp3) is 0.0714. The number of para-hydroxylation sites is 1. The van der Waals surface area contributed by atoms with E-state index in [-0.39, 0.29) is 22.5 Å². The Bertz CT molecular complexity index is 781. The smallest absolute Gasteiger partial charge is 0.283 e. The third kappa shape index (κ3) is 3.04. The molecule has 0 atom stereocenters. The maximum Gasteiger partial charge on any atom is 0.283 e. The zero-order chi connectivity index (χ0) is 15.5. The molecule has 0 bridgehead atoms. The molecule has 1 aromatic carbocycles. The number of hydrogen-bond acceptors (Lipinski definition) is 5. The number of aromatic nitrogens is 3. The monoisotopic (exact) mass is 323 g/mol. The van der Waals surface area contributed by atoms with Crippen LogP contribution in [0.3, 0.4) is 0 Å². The number of nitrogens with zero attached hydrogens (tertiary/aromatic N) is 3. The minimum atomic E-state index is -2.73. The van der Waals surface area contributed by atoms with Crippen LogP contribution in [0.15, 0.2) is 47.1 Å². The van der Waals surface area contributed by atoms with Crippen LogP contribution in [0.5, 0.6) is 11.6 Å². The van der Waals surface area contributed by atoms with Crippen molar-refractivity contribution in [2.75, 3.05) is 0 Å². The Morgan fingerprint density at radius 1 is 1.18 bits per heavy atom. The van der Waals surface area contributed by atoms with Crippen LogP contribution in [-0.4, -0.2) is 15.1 Å². The van der Waals surface area contributed by atoms with Crippen LogP contribution in [0.25, 0.3) is 11.6 Å². The predicted octanol–water partition coefficient (Wildman–Crippen LogP) is 4.51. The van der Waals surface area contributed by atoms with Gasteiger partial charge in [0.2, 0.25) is 17.5 Å². The van der Waals surface area contributed by atoms with E-state index in [0.29, 0.717) is 5.75 Å². The average molecular weight is 324 g/mol. The maximum atomic E-state index is 12.5. The van der Waals surface area contributed by atoms with Gasteiger partial charge < -0.3 is 9.26 Å². The summed E-state index contributed by atoms with van der Waals surface area (Å²) >= 11 is 5.97. The fourth-order valence-electron chi connectivity index (χ4n) is 1.64. The van der Waals surface area contributed by atoms with Gasteiger partial charge >= 0.3 is 0 Å². The van der Waals surface area contributed by atoms with Crippen molar-refractivity contribution in [1.82, 2.24) is 15.1 Å². The number of hydrogen-bond donors (Lipinski definition) is 0. The lowest BCUT2D eigenvalue weighted by molar-refractivity contribution is 0.140. The SMILES string of the molecule is FC(F)c1cc(-c2ncc(Cl)c(Oc3ccccc3)n2)on1. The molecule has 0 aliphatic carbocycles. The first-order valence-electron chi connectivity index (χ1n) is 6.14. The van der Waals surface area contributed by atoms with Gasteiger partial charge in [-0.15, -0.1) is 0 Å². The summed E-state index contributed by atoms with van der Waals surface area (Å²) in [6.45, 7) is 0. The summed E-state index contributed by atoms with van der Waals surface area (Å²) in [5.74, 6) is 0.673. The van der Waals surface area contributed by atoms with Gasteiger partial charge in [0.15, 0.2) is 5.69 Å². The molecule has 0 saturated carbocycles. The third-order valence-electron chi connectivity index (χ3n) is 2.64. The Morgan fingerprint density at radius 2 is 1.95 bits per heavy atom. The molecule has 0 fully saturated rings. The van der Waals surface area contributed by atoms with Crippen molar-refractivity contribution in [3.05, 3.63) is 53.3 Å². The van der Waals surface area contributed by atoms with Crippen molar-refractivity contribution in [3.63, 3.8) is 0 Å². The van der Waals surface area contributed by atoms with Gasteiger partial charge in [-0.25, -0.2) is 13.8 Å². The average Bonchev–Trinajstić information content (AvgIpc) is 3.01. The predicted molar refractivity (Wildman–Crippen MR) is 74.0 cm³/mol. The van der Waals surface area contributed by atoms with Crippen LogP contribution >= 0.6 is 11.6 Å². The molecule has 0 amide bonds. The van der Waals surface area contributed by atoms with Crippen LogP contribution in [0, 0.1) is 0 Å². The van der Waals surface area contributed by atoms with E-state index >= 15 is 0 Å². The minimum Gasteiger partial charge on any atom is -0.437 e. The first kappa shape index (κ1) is 14.4. The lowest BCUT2D eigenvalue weighted by Gasteiger charge is -2.06. The number of halogens is 3. The van der Waals surface area contributed by atoms with Crippen LogP contribution in [0.1, 0.15) is 12.1 Å². The van der Waals surface area contributed by atoms with Crippen LogP contribution < -0.4 is 4.74 Å². The summed E-state index contributed by atoms with van der Waals surface area (Å²) in [7, 11) is 0. The van der Waals surface area contributed by atoms with Gasteiger partial charge in [-0.1, -0.05) is 35.0 Å². The van der Waals surface area contributed by atoms with Crippen molar-refractivity contribution in [2.24, 2.45) is 0 Å². The van der Waals surface area contributed by atoms with Gasteiger partial charge in [0.1, 0.15) is 10.8 Å². The van der Waals surface area contributed by atoms with E-state index in [0.717, 1.165) is 6.07 Å². The van der Waals surface area contributed by atoms with E-state index in [1.807, 2.05) is 6.07 Å². The van der Waals surface area contributed by atoms with Gasteiger partial charge in [-0.05, 0) is 12.1 Å². The molecule has 0 aliphatic rings. The molecule has 2 aromatic heterocycles. The molecular formula is C14H8ClF2N3O2. The molecule has 5 nitrogen and oxygen atoms in total. The zero-order valence-electron chi connectivity index (χ0n) is 10.9. The molecule has 0 saturated heterocycles. The summed E-state index contributed by atoms with van der Waals surface area (Å²) in [4.78, 5) is 7.99. The standard InChI is InChI=1S/C14H8ClF2N3O2/c15-9-7-18-13(11-6-10(12(16)17)20-22-11)19-14(9)21-8-4-2-1-3-5-8/h1-7,12H. The normalized spacial score (nSPS) is 10.9. The lowest BCUT2D eigenvalue weighted by atomic mass is 10.3. The zero-order valence-corrected chi connectivity index (χ0v) is 11.7. The summed E-state index contributed by atoms with van der Waals surface area (Å²) in [6.07, 6.45) is -1.43. The molecule has 3 rings (SSSR count). The summed E-state index contributed by atoms with van der Waals surface area (Å²) < 4.78 is 35.4. The highest BCUT2D eigenvalue weighted by Crippen LogP contribution is 2.30. The highest BCUT2D eigenvalue weighted by Gasteiger charge is 2.18. The summed E-state index contributed by atoms with van der Waals surface area (Å²) in [5, 5.41) is 3.43. The molecule has 0 aliphatic heterocycles. The second-order valence-electron chi connectivity index (χ2n) is 4.18. The lowest BCUT2D eigenvalue weighted by Crippen LogP contribution is -1.93. The second kappa shape index (κ2) is 6.07. The van der Waals surface area contributed by atoms with Crippen molar-refractivity contribution in [1.29, 1.82) is 0 Å². The third-order valence-corrected chi connectivity index (χ3v) is 2.90. The van der Waals surface area contributed by atoms with Crippen molar-refractivity contribution >= 4 is 11.6 Å². The molecule has 8 heteroatoms. The Morgan fingerprint density at radius 3 is 2.64 bits per heavy atom. The molecule has 0 spiro atoms. The fourth-order valence-corrected chi connectivity index (χ4v) is 1.77. The molecule has 22 heavy (non-hydrogen) atoms. The van der Waals surface area contributed by atoms with E-state index in [4.69, 9.17) is 20.9 Å². The van der Waals surface area contributed by atoms with Crippen LogP contribution in [0.2, 0.25) is 5.02 Å². The number of alkyl halides is 2. The first-order valence-corrected chi connectivity index (χ1v) is 6.52. The highest BCUT2D eigenvalue weighted by molar-refractivity contribution is 6.31. The minimum absolute atomic E-state index is 0.00452. The molecular weight excluding hydrogens is 316 g/mol. The van der Waals surface area contributed by atoms with Gasteiger partial charge in [0, 0.05) is 6.07 Å². The van der Waals surface area contributed by atoms with E-state index < -0.39 is 12.1 Å². The molecule has 112 valence electrons. The number of ether oxygens (including phenoxy) is 1. The van der Waals surface area contributed by atoms with Crippen LogP contribution in [0.4, 0.5) is 8.78 Å².